The largest absolute Gasteiger partial charge is 0.368 e. The van der Waals surface area contributed by atoms with Gasteiger partial charge in [-0.3, -0.25) is 9.69 Å². The molecule has 0 bridgehead atoms. The van der Waals surface area contributed by atoms with Crippen molar-refractivity contribution in [2.24, 2.45) is 0 Å². The van der Waals surface area contributed by atoms with Gasteiger partial charge >= 0.3 is 0 Å². The molecular formula is C13H21ClN6O. The third-order valence-corrected chi connectivity index (χ3v) is 3.53. The summed E-state index contributed by atoms with van der Waals surface area (Å²) in [5, 5.41) is 3.23. The number of nitrogens with one attached hydrogen (secondary N) is 1. The molecule has 116 valence electrons. The lowest BCUT2D eigenvalue weighted by molar-refractivity contribution is -0.122. The van der Waals surface area contributed by atoms with Crippen LogP contribution in [0.15, 0.2) is 6.07 Å². The van der Waals surface area contributed by atoms with Crippen molar-refractivity contribution < 1.29 is 4.79 Å². The highest BCUT2D eigenvalue weighted by Gasteiger charge is 2.20. The molecule has 1 amide bonds. The maximum atomic E-state index is 11.7. The van der Waals surface area contributed by atoms with Crippen molar-refractivity contribution in [2.45, 2.75) is 13.3 Å². The summed E-state index contributed by atoms with van der Waals surface area (Å²) in [5.74, 6) is 1.00. The summed E-state index contributed by atoms with van der Waals surface area (Å²) in [6.45, 7) is 6.40. The maximum absolute atomic E-state index is 11.7. The highest BCUT2D eigenvalue weighted by molar-refractivity contribution is 6.29. The molecule has 0 atom stereocenters. The third-order valence-electron chi connectivity index (χ3n) is 3.33. The molecule has 1 aromatic heterocycles. The SMILES string of the molecule is CCCNC(=O)CN1CCN(c2cc(Cl)nc(N)n2)CC1. The van der Waals surface area contributed by atoms with Crippen LogP contribution < -0.4 is 16.0 Å². The summed E-state index contributed by atoms with van der Waals surface area (Å²) in [7, 11) is 0. The van der Waals surface area contributed by atoms with Crippen LogP contribution in [0.3, 0.4) is 0 Å². The molecule has 0 aliphatic carbocycles. The summed E-state index contributed by atoms with van der Waals surface area (Å²) in [5.41, 5.74) is 5.61. The van der Waals surface area contributed by atoms with Crippen molar-refractivity contribution in [3.05, 3.63) is 11.2 Å². The molecule has 3 N–H and O–H groups in total. The van der Waals surface area contributed by atoms with E-state index < -0.39 is 0 Å². The number of carbonyl (C=O) groups is 1. The van der Waals surface area contributed by atoms with Gasteiger partial charge in [-0.25, -0.2) is 4.98 Å². The minimum atomic E-state index is 0.0830. The zero-order valence-electron chi connectivity index (χ0n) is 12.2. The van der Waals surface area contributed by atoms with E-state index in [0.29, 0.717) is 11.7 Å². The van der Waals surface area contributed by atoms with Gasteiger partial charge in [-0.2, -0.15) is 4.98 Å². The van der Waals surface area contributed by atoms with Crippen molar-refractivity contribution in [1.29, 1.82) is 0 Å². The fourth-order valence-electron chi connectivity index (χ4n) is 2.24. The number of hydrogen-bond acceptors (Lipinski definition) is 6. The van der Waals surface area contributed by atoms with Crippen LogP contribution in [0, 0.1) is 0 Å². The molecule has 1 saturated heterocycles. The van der Waals surface area contributed by atoms with Crippen molar-refractivity contribution in [3.8, 4) is 0 Å². The number of amides is 1. The minimum absolute atomic E-state index is 0.0830. The second-order valence-corrected chi connectivity index (χ2v) is 5.41. The van der Waals surface area contributed by atoms with E-state index in [-0.39, 0.29) is 11.9 Å². The van der Waals surface area contributed by atoms with Crippen LogP contribution in [0.1, 0.15) is 13.3 Å². The Morgan fingerprint density at radius 3 is 2.71 bits per heavy atom. The number of hydrogen-bond donors (Lipinski definition) is 2. The Hall–Kier alpha value is -1.60. The van der Waals surface area contributed by atoms with Crippen LogP contribution in [0.25, 0.3) is 0 Å². The van der Waals surface area contributed by atoms with Crippen molar-refractivity contribution in [2.75, 3.05) is 49.9 Å². The molecule has 0 spiro atoms. The van der Waals surface area contributed by atoms with Crippen LogP contribution in [0.2, 0.25) is 5.15 Å². The van der Waals surface area contributed by atoms with Crippen molar-refractivity contribution in [3.63, 3.8) is 0 Å². The number of aromatic nitrogens is 2. The average Bonchev–Trinajstić information content (AvgIpc) is 2.45. The first-order chi connectivity index (χ1) is 10.1. The number of nitrogens with two attached hydrogens (primary N) is 1. The molecular weight excluding hydrogens is 292 g/mol. The van der Waals surface area contributed by atoms with E-state index in [4.69, 9.17) is 17.3 Å². The number of carbonyl (C=O) groups excluding carboxylic acids is 1. The Morgan fingerprint density at radius 1 is 1.38 bits per heavy atom. The molecule has 1 aliphatic heterocycles. The first-order valence-electron chi connectivity index (χ1n) is 7.12. The van der Waals surface area contributed by atoms with Gasteiger partial charge in [-0.05, 0) is 6.42 Å². The molecule has 0 saturated carbocycles. The number of nitrogen functional groups attached to an aromatic ring is 1. The second kappa shape index (κ2) is 7.42. The van der Waals surface area contributed by atoms with Crippen LogP contribution in [-0.2, 0) is 4.79 Å². The van der Waals surface area contributed by atoms with Gasteiger partial charge in [0, 0.05) is 38.8 Å². The quantitative estimate of drug-likeness (QED) is 0.763. The molecule has 7 nitrogen and oxygen atoms in total. The predicted octanol–water partition coefficient (Wildman–Crippen LogP) is 0.360. The highest BCUT2D eigenvalue weighted by atomic mass is 35.5. The summed E-state index contributed by atoms with van der Waals surface area (Å²) >= 11 is 5.89. The van der Waals surface area contributed by atoms with E-state index in [1.165, 1.54) is 0 Å². The number of halogens is 1. The van der Waals surface area contributed by atoms with E-state index >= 15 is 0 Å². The van der Waals surface area contributed by atoms with Gasteiger partial charge in [0.05, 0.1) is 6.54 Å². The van der Waals surface area contributed by atoms with Crippen molar-refractivity contribution in [1.82, 2.24) is 20.2 Å². The summed E-state index contributed by atoms with van der Waals surface area (Å²) in [6, 6.07) is 1.71. The smallest absolute Gasteiger partial charge is 0.234 e. The monoisotopic (exact) mass is 312 g/mol. The summed E-state index contributed by atoms with van der Waals surface area (Å²) in [4.78, 5) is 24.0. The minimum Gasteiger partial charge on any atom is -0.368 e. The first-order valence-corrected chi connectivity index (χ1v) is 7.50. The standard InChI is InChI=1S/C13H21ClN6O/c1-2-3-16-12(21)9-19-4-6-20(7-5-19)11-8-10(14)17-13(15)18-11/h8H,2-7,9H2,1H3,(H,16,21)(H2,15,17,18). The van der Waals surface area contributed by atoms with Gasteiger partial charge in [0.25, 0.3) is 0 Å². The van der Waals surface area contributed by atoms with Crippen LogP contribution in [-0.4, -0.2) is 60.0 Å². The molecule has 21 heavy (non-hydrogen) atoms. The lowest BCUT2D eigenvalue weighted by atomic mass is 10.3. The van der Waals surface area contributed by atoms with Gasteiger partial charge in [-0.15, -0.1) is 0 Å². The van der Waals surface area contributed by atoms with E-state index in [2.05, 4.69) is 25.1 Å². The van der Waals surface area contributed by atoms with Crippen LogP contribution in [0.5, 0.6) is 0 Å². The zero-order chi connectivity index (χ0) is 15.2. The summed E-state index contributed by atoms with van der Waals surface area (Å²) < 4.78 is 0. The molecule has 0 unspecified atom stereocenters. The number of piperazine rings is 1. The van der Waals surface area contributed by atoms with E-state index in [1.807, 2.05) is 6.92 Å². The molecule has 2 heterocycles. The molecule has 0 aromatic carbocycles. The van der Waals surface area contributed by atoms with Crippen LogP contribution >= 0.6 is 11.6 Å². The fourth-order valence-corrected chi connectivity index (χ4v) is 2.43. The fraction of sp³-hybridized carbons (Fsp3) is 0.615. The first kappa shape index (κ1) is 15.8. The van der Waals surface area contributed by atoms with Gasteiger partial charge in [0.1, 0.15) is 11.0 Å². The van der Waals surface area contributed by atoms with Gasteiger partial charge in [-0.1, -0.05) is 18.5 Å². The molecule has 0 radical (unpaired) electrons. The van der Waals surface area contributed by atoms with Crippen LogP contribution in [0.4, 0.5) is 11.8 Å². The molecule has 8 heteroatoms. The highest BCUT2D eigenvalue weighted by Crippen LogP contribution is 2.18. The normalized spacial score (nSPS) is 16.0. The van der Waals surface area contributed by atoms with Gasteiger partial charge in [0.2, 0.25) is 11.9 Å². The average molecular weight is 313 g/mol. The number of rotatable bonds is 5. The van der Waals surface area contributed by atoms with E-state index in [0.717, 1.165) is 45.0 Å². The van der Waals surface area contributed by atoms with E-state index in [1.54, 1.807) is 6.07 Å². The Labute approximate surface area is 129 Å². The maximum Gasteiger partial charge on any atom is 0.234 e. The molecule has 1 aromatic rings. The van der Waals surface area contributed by atoms with Crippen molar-refractivity contribution >= 4 is 29.3 Å². The molecule has 2 rings (SSSR count). The molecule has 1 aliphatic rings. The predicted molar refractivity (Wildman–Crippen MR) is 83.4 cm³/mol. The lowest BCUT2D eigenvalue weighted by Crippen LogP contribution is -2.49. The summed E-state index contributed by atoms with van der Waals surface area (Å²) in [6.07, 6.45) is 0.954. The Balaban J connectivity index is 1.84. The zero-order valence-corrected chi connectivity index (χ0v) is 12.9. The Morgan fingerprint density at radius 2 is 2.10 bits per heavy atom. The number of nitrogens with zero attached hydrogens (tertiary/aromatic N) is 4. The Kier molecular flexibility index (Phi) is 5.58. The lowest BCUT2D eigenvalue weighted by Gasteiger charge is -2.35. The van der Waals surface area contributed by atoms with Gasteiger partial charge < -0.3 is 16.0 Å². The van der Waals surface area contributed by atoms with Gasteiger partial charge in [0.15, 0.2) is 0 Å². The second-order valence-electron chi connectivity index (χ2n) is 5.02. The Bertz CT molecular complexity index is 469. The molecule has 1 fully saturated rings. The number of anilines is 2. The third kappa shape index (κ3) is 4.71. The van der Waals surface area contributed by atoms with E-state index in [9.17, 15) is 4.79 Å². The topological polar surface area (TPSA) is 87.4 Å².